The number of barbiturate groups is 1. The second-order valence-electron chi connectivity index (χ2n) is 6.35. The van der Waals surface area contributed by atoms with Crippen molar-refractivity contribution in [3.05, 3.63) is 76.0 Å². The number of amides is 4. The molecule has 0 aromatic heterocycles. The van der Waals surface area contributed by atoms with E-state index in [1.165, 1.54) is 18.2 Å². The summed E-state index contributed by atoms with van der Waals surface area (Å²) in [5.41, 5.74) is 1.31. The molecule has 2 aromatic carbocycles. The van der Waals surface area contributed by atoms with E-state index in [9.17, 15) is 18.8 Å². The molecule has 3 rings (SSSR count). The van der Waals surface area contributed by atoms with Crippen LogP contribution in [0.3, 0.4) is 0 Å². The highest BCUT2D eigenvalue weighted by Crippen LogP contribution is 2.33. The Balaban J connectivity index is 2.04. The Bertz CT molecular complexity index is 1060. The summed E-state index contributed by atoms with van der Waals surface area (Å²) in [6.07, 6.45) is 3.63. The Hall–Kier alpha value is -3.26. The van der Waals surface area contributed by atoms with Crippen LogP contribution in [-0.2, 0) is 16.0 Å². The molecule has 1 saturated heterocycles. The van der Waals surface area contributed by atoms with Gasteiger partial charge in [0.2, 0.25) is 0 Å². The maximum absolute atomic E-state index is 13.2. The maximum atomic E-state index is 13.2. The van der Waals surface area contributed by atoms with Crippen molar-refractivity contribution < 1.29 is 23.5 Å². The fourth-order valence-corrected chi connectivity index (χ4v) is 3.65. The molecule has 30 heavy (non-hydrogen) atoms. The van der Waals surface area contributed by atoms with Crippen LogP contribution >= 0.6 is 15.9 Å². The zero-order valence-corrected chi connectivity index (χ0v) is 17.7. The van der Waals surface area contributed by atoms with Crippen molar-refractivity contribution in [2.24, 2.45) is 0 Å². The number of anilines is 1. The summed E-state index contributed by atoms with van der Waals surface area (Å²) >= 11 is 3.45. The second-order valence-corrected chi connectivity index (χ2v) is 7.21. The Labute approximate surface area is 181 Å². The number of allylic oxidation sites excluding steroid dienone is 1. The van der Waals surface area contributed by atoms with E-state index in [0.29, 0.717) is 28.8 Å². The third kappa shape index (κ3) is 4.33. The van der Waals surface area contributed by atoms with Gasteiger partial charge < -0.3 is 4.74 Å². The minimum Gasteiger partial charge on any atom is -0.492 e. The summed E-state index contributed by atoms with van der Waals surface area (Å²) in [4.78, 5) is 38.3. The smallest absolute Gasteiger partial charge is 0.335 e. The zero-order chi connectivity index (χ0) is 21.8. The van der Waals surface area contributed by atoms with E-state index in [-0.39, 0.29) is 11.3 Å². The van der Waals surface area contributed by atoms with Crippen LogP contribution in [0.5, 0.6) is 5.75 Å². The number of halogens is 2. The third-order valence-electron chi connectivity index (χ3n) is 4.29. The Morgan fingerprint density at radius 3 is 2.53 bits per heavy atom. The van der Waals surface area contributed by atoms with E-state index in [2.05, 4.69) is 27.8 Å². The predicted octanol–water partition coefficient (Wildman–Crippen LogP) is 4.38. The molecule has 6 nitrogen and oxygen atoms in total. The molecule has 8 heteroatoms. The molecule has 1 N–H and O–H groups in total. The first-order chi connectivity index (χ1) is 14.3. The first-order valence-electron chi connectivity index (χ1n) is 9.08. The summed E-state index contributed by atoms with van der Waals surface area (Å²) in [5.74, 6) is -1.46. The number of imide groups is 2. The van der Waals surface area contributed by atoms with Crippen LogP contribution in [0.25, 0.3) is 6.08 Å². The van der Waals surface area contributed by atoms with Gasteiger partial charge in [-0.15, -0.1) is 6.58 Å². The normalized spacial score (nSPS) is 15.4. The van der Waals surface area contributed by atoms with Crippen LogP contribution in [-0.4, -0.2) is 24.5 Å². The number of nitrogens with one attached hydrogen (secondary N) is 1. The van der Waals surface area contributed by atoms with Gasteiger partial charge in [0.05, 0.1) is 16.8 Å². The van der Waals surface area contributed by atoms with Gasteiger partial charge in [-0.05, 0) is 82.9 Å². The van der Waals surface area contributed by atoms with Gasteiger partial charge in [0, 0.05) is 0 Å². The highest BCUT2D eigenvalue weighted by atomic mass is 79.9. The SMILES string of the molecule is C=CCc1cc(/C=C2\C(=O)NC(=O)N(c3ccc(F)cc3)C2=O)cc(Br)c1OCC. The molecule has 1 heterocycles. The molecule has 1 aliphatic rings. The van der Waals surface area contributed by atoms with Gasteiger partial charge in [-0.25, -0.2) is 14.1 Å². The number of hydrogen-bond donors (Lipinski definition) is 1. The first kappa shape index (κ1) is 21.4. The lowest BCUT2D eigenvalue weighted by molar-refractivity contribution is -0.122. The van der Waals surface area contributed by atoms with Crippen molar-refractivity contribution in [1.82, 2.24) is 5.32 Å². The van der Waals surface area contributed by atoms with Gasteiger partial charge in [0.1, 0.15) is 17.1 Å². The number of benzene rings is 2. The summed E-state index contributed by atoms with van der Waals surface area (Å²) in [6.45, 7) is 6.08. The molecule has 0 aliphatic carbocycles. The van der Waals surface area contributed by atoms with E-state index in [0.717, 1.165) is 22.6 Å². The molecule has 0 radical (unpaired) electrons. The lowest BCUT2D eigenvalue weighted by Gasteiger charge is -2.26. The highest BCUT2D eigenvalue weighted by molar-refractivity contribution is 9.10. The number of nitrogens with zero attached hydrogens (tertiary/aromatic N) is 1. The number of hydrogen-bond acceptors (Lipinski definition) is 4. The standard InChI is InChI=1S/C22H18BrFN2O4/c1-3-5-14-10-13(12-18(23)19(14)30-4-2)11-17-20(27)25-22(29)26(21(17)28)16-8-6-15(24)7-9-16/h3,6-12H,1,4-5H2,2H3,(H,25,27,29)/b17-11+. The molecule has 0 bridgehead atoms. The highest BCUT2D eigenvalue weighted by Gasteiger charge is 2.36. The average Bonchev–Trinajstić information content (AvgIpc) is 2.69. The number of ether oxygens (including phenoxy) is 1. The topological polar surface area (TPSA) is 75.7 Å². The van der Waals surface area contributed by atoms with Gasteiger partial charge in [-0.2, -0.15) is 0 Å². The summed E-state index contributed by atoms with van der Waals surface area (Å²) < 4.78 is 19.5. The van der Waals surface area contributed by atoms with E-state index >= 15 is 0 Å². The molecule has 1 fully saturated rings. The fraction of sp³-hybridized carbons (Fsp3) is 0.136. The zero-order valence-electron chi connectivity index (χ0n) is 16.1. The average molecular weight is 473 g/mol. The van der Waals surface area contributed by atoms with Gasteiger partial charge in [0.15, 0.2) is 0 Å². The van der Waals surface area contributed by atoms with Gasteiger partial charge >= 0.3 is 6.03 Å². The van der Waals surface area contributed by atoms with Crippen LogP contribution in [0.15, 0.2) is 59.1 Å². The molecule has 0 saturated carbocycles. The Morgan fingerprint density at radius 2 is 1.90 bits per heavy atom. The Kier molecular flexibility index (Phi) is 6.47. The van der Waals surface area contributed by atoms with Gasteiger partial charge in [-0.1, -0.05) is 6.08 Å². The molecular weight excluding hydrogens is 455 g/mol. The predicted molar refractivity (Wildman–Crippen MR) is 115 cm³/mol. The number of carbonyl (C=O) groups excluding carboxylic acids is 3. The van der Waals surface area contributed by atoms with Gasteiger partial charge in [-0.3, -0.25) is 14.9 Å². The number of rotatable bonds is 6. The third-order valence-corrected chi connectivity index (χ3v) is 4.88. The van der Waals surface area contributed by atoms with Crippen molar-refractivity contribution in [1.29, 1.82) is 0 Å². The van der Waals surface area contributed by atoms with Crippen LogP contribution in [0.2, 0.25) is 0 Å². The number of urea groups is 1. The first-order valence-corrected chi connectivity index (χ1v) is 9.88. The maximum Gasteiger partial charge on any atom is 0.335 e. The number of carbonyl (C=O) groups is 3. The molecule has 0 unspecified atom stereocenters. The van der Waals surface area contributed by atoms with Crippen LogP contribution in [0.1, 0.15) is 18.1 Å². The summed E-state index contributed by atoms with van der Waals surface area (Å²) in [7, 11) is 0. The minimum atomic E-state index is -0.894. The lowest BCUT2D eigenvalue weighted by Crippen LogP contribution is -2.54. The fourth-order valence-electron chi connectivity index (χ4n) is 3.02. The monoisotopic (exact) mass is 472 g/mol. The minimum absolute atomic E-state index is 0.150. The van der Waals surface area contributed by atoms with Crippen molar-refractivity contribution >= 4 is 45.5 Å². The molecule has 0 atom stereocenters. The lowest BCUT2D eigenvalue weighted by atomic mass is 10.0. The van der Waals surface area contributed by atoms with E-state index in [1.54, 1.807) is 18.2 Å². The summed E-state index contributed by atoms with van der Waals surface area (Å²) in [5, 5.41) is 2.14. The van der Waals surface area contributed by atoms with Crippen LogP contribution in [0.4, 0.5) is 14.9 Å². The van der Waals surface area contributed by atoms with E-state index in [4.69, 9.17) is 4.74 Å². The van der Waals surface area contributed by atoms with E-state index < -0.39 is 23.7 Å². The van der Waals surface area contributed by atoms with Crippen molar-refractivity contribution in [3.63, 3.8) is 0 Å². The van der Waals surface area contributed by atoms with Crippen LogP contribution in [0, 0.1) is 5.82 Å². The van der Waals surface area contributed by atoms with Crippen molar-refractivity contribution in [2.45, 2.75) is 13.3 Å². The Morgan fingerprint density at radius 1 is 1.20 bits per heavy atom. The van der Waals surface area contributed by atoms with E-state index in [1.807, 2.05) is 6.92 Å². The largest absolute Gasteiger partial charge is 0.492 e. The molecule has 4 amide bonds. The van der Waals surface area contributed by atoms with Gasteiger partial charge in [0.25, 0.3) is 11.8 Å². The quantitative estimate of drug-likeness (QED) is 0.384. The summed E-state index contributed by atoms with van der Waals surface area (Å²) in [6, 6.07) is 7.43. The van der Waals surface area contributed by atoms with Crippen LogP contribution < -0.4 is 15.0 Å². The molecule has 1 aliphatic heterocycles. The molecule has 2 aromatic rings. The molecule has 0 spiro atoms. The molecule has 154 valence electrons. The molecular formula is C22H18BrFN2O4. The van der Waals surface area contributed by atoms with Crippen molar-refractivity contribution in [2.75, 3.05) is 11.5 Å². The second kappa shape index (κ2) is 9.04. The van der Waals surface area contributed by atoms with Crippen molar-refractivity contribution in [3.8, 4) is 5.75 Å².